The number of hydrogen-bond donors (Lipinski definition) is 3. The van der Waals surface area contributed by atoms with Crippen molar-refractivity contribution >= 4 is 27.8 Å². The van der Waals surface area contributed by atoms with Gasteiger partial charge in [0.2, 0.25) is 0 Å². The molecule has 0 bridgehead atoms. The zero-order valence-corrected chi connectivity index (χ0v) is 14.1. The first-order valence-corrected chi connectivity index (χ1v) is 7.86. The highest BCUT2D eigenvalue weighted by Crippen LogP contribution is 2.11. The number of guanidine groups is 1. The van der Waals surface area contributed by atoms with E-state index in [4.69, 9.17) is 5.73 Å². The summed E-state index contributed by atoms with van der Waals surface area (Å²) in [5.41, 5.74) is 6.36. The summed E-state index contributed by atoms with van der Waals surface area (Å²) in [7, 11) is 0. The molecule has 0 aliphatic rings. The Kier molecular flexibility index (Phi) is 7.82. The summed E-state index contributed by atoms with van der Waals surface area (Å²) < 4.78 is 0.884. The molecule has 0 fully saturated rings. The van der Waals surface area contributed by atoms with E-state index in [0.717, 1.165) is 17.4 Å². The van der Waals surface area contributed by atoms with Crippen LogP contribution in [0.25, 0.3) is 0 Å². The van der Waals surface area contributed by atoms with Crippen LogP contribution in [0.4, 0.5) is 0 Å². The predicted molar refractivity (Wildman–Crippen MR) is 90.4 cm³/mol. The number of benzene rings is 1. The van der Waals surface area contributed by atoms with Gasteiger partial charge in [-0.1, -0.05) is 35.8 Å². The molecule has 6 heteroatoms. The van der Waals surface area contributed by atoms with Crippen LogP contribution < -0.4 is 16.4 Å². The molecule has 0 saturated heterocycles. The first-order valence-electron chi connectivity index (χ1n) is 7.06. The molecule has 1 rings (SSSR count). The van der Waals surface area contributed by atoms with Crippen molar-refractivity contribution in [2.24, 2.45) is 16.6 Å². The van der Waals surface area contributed by atoms with Gasteiger partial charge in [-0.25, -0.2) is 0 Å². The Morgan fingerprint density at radius 2 is 2.05 bits per heavy atom. The molecular weight excluding hydrogens is 332 g/mol. The van der Waals surface area contributed by atoms with E-state index in [-0.39, 0.29) is 5.91 Å². The van der Waals surface area contributed by atoms with E-state index in [1.165, 1.54) is 0 Å². The maximum absolute atomic E-state index is 11.9. The minimum Gasteiger partial charge on any atom is -0.370 e. The normalized spacial score (nSPS) is 11.5. The topological polar surface area (TPSA) is 79.5 Å². The maximum atomic E-state index is 11.9. The standard InChI is InChI=1S/C15H23BrN4O/c1-11(2)6-7-19-15(17)20-9-8-18-14(21)12-4-3-5-13(16)10-12/h3-5,10-11H,6-9H2,1-2H3,(H,18,21)(H3,17,19,20). The Hall–Kier alpha value is -1.56. The van der Waals surface area contributed by atoms with Crippen LogP contribution in [0.5, 0.6) is 0 Å². The number of amides is 1. The third-order valence-electron chi connectivity index (χ3n) is 2.79. The van der Waals surface area contributed by atoms with Gasteiger partial charge in [-0.05, 0) is 30.5 Å². The lowest BCUT2D eigenvalue weighted by Crippen LogP contribution is -2.38. The van der Waals surface area contributed by atoms with E-state index < -0.39 is 0 Å². The summed E-state index contributed by atoms with van der Waals surface area (Å²) in [6, 6.07) is 7.27. The molecule has 0 radical (unpaired) electrons. The largest absolute Gasteiger partial charge is 0.370 e. The van der Waals surface area contributed by atoms with Crippen molar-refractivity contribution in [3.05, 3.63) is 34.3 Å². The second kappa shape index (κ2) is 9.39. The number of carbonyl (C=O) groups is 1. The molecule has 4 N–H and O–H groups in total. The summed E-state index contributed by atoms with van der Waals surface area (Å²) in [6.07, 6.45) is 1.02. The summed E-state index contributed by atoms with van der Waals surface area (Å²) in [4.78, 5) is 16.1. The molecular formula is C15H23BrN4O. The highest BCUT2D eigenvalue weighted by atomic mass is 79.9. The lowest BCUT2D eigenvalue weighted by molar-refractivity contribution is 0.0954. The molecule has 21 heavy (non-hydrogen) atoms. The second-order valence-electron chi connectivity index (χ2n) is 5.14. The molecule has 1 amide bonds. The molecule has 0 spiro atoms. The molecule has 5 nitrogen and oxygen atoms in total. The highest BCUT2D eigenvalue weighted by molar-refractivity contribution is 9.10. The molecule has 0 atom stereocenters. The molecule has 0 aromatic heterocycles. The van der Waals surface area contributed by atoms with Crippen LogP contribution in [-0.4, -0.2) is 31.5 Å². The van der Waals surface area contributed by atoms with Crippen LogP contribution in [-0.2, 0) is 0 Å². The van der Waals surface area contributed by atoms with Crippen LogP contribution in [0.2, 0.25) is 0 Å². The van der Waals surface area contributed by atoms with Gasteiger partial charge in [0.1, 0.15) is 0 Å². The minimum absolute atomic E-state index is 0.103. The van der Waals surface area contributed by atoms with Gasteiger partial charge in [0, 0.05) is 29.7 Å². The number of nitrogens with two attached hydrogens (primary N) is 1. The van der Waals surface area contributed by atoms with Crippen LogP contribution in [0, 0.1) is 5.92 Å². The molecule has 1 aromatic carbocycles. The number of nitrogens with zero attached hydrogens (tertiary/aromatic N) is 1. The molecule has 116 valence electrons. The summed E-state index contributed by atoms with van der Waals surface area (Å²) in [6.45, 7) is 6.07. The lowest BCUT2D eigenvalue weighted by Gasteiger charge is -2.08. The number of rotatable bonds is 7. The van der Waals surface area contributed by atoms with Crippen molar-refractivity contribution in [3.63, 3.8) is 0 Å². The number of hydrogen-bond acceptors (Lipinski definition) is 2. The smallest absolute Gasteiger partial charge is 0.251 e. The average molecular weight is 355 g/mol. The monoisotopic (exact) mass is 354 g/mol. The first-order chi connectivity index (χ1) is 9.99. The fourth-order valence-electron chi connectivity index (χ4n) is 1.60. The number of aliphatic imine (C=N–C) groups is 1. The lowest BCUT2D eigenvalue weighted by atomic mass is 10.1. The van der Waals surface area contributed by atoms with Crippen LogP contribution in [0.15, 0.2) is 33.7 Å². The fraction of sp³-hybridized carbons (Fsp3) is 0.467. The average Bonchev–Trinajstić information content (AvgIpc) is 2.43. The molecule has 0 aliphatic heterocycles. The number of carbonyl (C=O) groups excluding carboxylic acids is 1. The molecule has 0 saturated carbocycles. The summed E-state index contributed by atoms with van der Waals surface area (Å²) in [5.74, 6) is 0.937. The van der Waals surface area contributed by atoms with E-state index in [2.05, 4.69) is 45.4 Å². The van der Waals surface area contributed by atoms with Crippen molar-refractivity contribution in [1.29, 1.82) is 0 Å². The van der Waals surface area contributed by atoms with Crippen molar-refractivity contribution in [1.82, 2.24) is 10.6 Å². The summed E-state index contributed by atoms with van der Waals surface area (Å²) >= 11 is 3.34. The van der Waals surface area contributed by atoms with Crippen LogP contribution >= 0.6 is 15.9 Å². The van der Waals surface area contributed by atoms with Gasteiger partial charge in [0.25, 0.3) is 5.91 Å². The Labute approximate surface area is 134 Å². The van der Waals surface area contributed by atoms with Crippen molar-refractivity contribution in [2.45, 2.75) is 20.3 Å². The fourth-order valence-corrected chi connectivity index (χ4v) is 2.00. The van der Waals surface area contributed by atoms with Crippen molar-refractivity contribution in [2.75, 3.05) is 19.6 Å². The van der Waals surface area contributed by atoms with Gasteiger partial charge in [-0.2, -0.15) is 0 Å². The van der Waals surface area contributed by atoms with Gasteiger partial charge >= 0.3 is 0 Å². The van der Waals surface area contributed by atoms with E-state index in [1.54, 1.807) is 12.1 Å². The van der Waals surface area contributed by atoms with Gasteiger partial charge in [0.15, 0.2) is 5.96 Å². The van der Waals surface area contributed by atoms with Crippen LogP contribution in [0.1, 0.15) is 30.6 Å². The van der Waals surface area contributed by atoms with Crippen molar-refractivity contribution < 1.29 is 4.79 Å². The van der Waals surface area contributed by atoms with E-state index in [1.807, 2.05) is 12.1 Å². The maximum Gasteiger partial charge on any atom is 0.251 e. The Bertz CT molecular complexity index is 488. The second-order valence-corrected chi connectivity index (χ2v) is 6.06. The SMILES string of the molecule is CC(C)CCN=C(N)NCCNC(=O)c1cccc(Br)c1. The Morgan fingerprint density at radius 3 is 2.71 bits per heavy atom. The predicted octanol–water partition coefficient (Wildman–Crippen LogP) is 2.13. The highest BCUT2D eigenvalue weighted by Gasteiger charge is 2.04. The van der Waals surface area contributed by atoms with E-state index in [0.29, 0.717) is 30.5 Å². The quantitative estimate of drug-likeness (QED) is 0.398. The van der Waals surface area contributed by atoms with Gasteiger partial charge in [-0.15, -0.1) is 0 Å². The van der Waals surface area contributed by atoms with Gasteiger partial charge < -0.3 is 16.4 Å². The van der Waals surface area contributed by atoms with Gasteiger partial charge in [0.05, 0.1) is 0 Å². The number of halogens is 1. The number of nitrogens with one attached hydrogen (secondary N) is 2. The zero-order valence-electron chi connectivity index (χ0n) is 12.5. The van der Waals surface area contributed by atoms with Crippen molar-refractivity contribution in [3.8, 4) is 0 Å². The Morgan fingerprint density at radius 1 is 1.33 bits per heavy atom. The Balaban J connectivity index is 2.23. The molecule has 0 unspecified atom stereocenters. The van der Waals surface area contributed by atoms with E-state index >= 15 is 0 Å². The third kappa shape index (κ3) is 7.70. The molecule has 0 heterocycles. The van der Waals surface area contributed by atoms with Gasteiger partial charge in [-0.3, -0.25) is 9.79 Å². The molecule has 1 aromatic rings. The van der Waals surface area contributed by atoms with Crippen LogP contribution in [0.3, 0.4) is 0 Å². The first kappa shape index (κ1) is 17.5. The van der Waals surface area contributed by atoms with E-state index in [9.17, 15) is 4.79 Å². The molecule has 0 aliphatic carbocycles. The zero-order chi connectivity index (χ0) is 15.7. The minimum atomic E-state index is -0.103. The summed E-state index contributed by atoms with van der Waals surface area (Å²) in [5, 5.41) is 5.80. The third-order valence-corrected chi connectivity index (χ3v) is 3.29.